The van der Waals surface area contributed by atoms with Gasteiger partial charge in [-0.1, -0.05) is 31.5 Å². The van der Waals surface area contributed by atoms with Crippen LogP contribution in [0, 0.1) is 18.7 Å². The molecule has 4 N–H and O–H groups in total. The van der Waals surface area contributed by atoms with Crippen LogP contribution in [0.3, 0.4) is 0 Å². The van der Waals surface area contributed by atoms with Crippen LogP contribution < -0.4 is 17.0 Å². The molecule has 212 valence electrons. The maximum Gasteiger partial charge on any atom is 0.297 e. The van der Waals surface area contributed by atoms with Crippen LogP contribution in [0.15, 0.2) is 63.8 Å². The lowest BCUT2D eigenvalue weighted by molar-refractivity contribution is 0.0612. The minimum absolute atomic E-state index is 0.0289. The van der Waals surface area contributed by atoms with Gasteiger partial charge in [-0.05, 0) is 55.3 Å². The molecular formula is C30H30FN5O4S. The van der Waals surface area contributed by atoms with Crippen molar-refractivity contribution in [1.29, 1.82) is 0 Å². The number of hydrogen-bond donors (Lipinski definition) is 2. The molecule has 0 aliphatic rings. The number of primary amides is 1. The Bertz CT molecular complexity index is 1820. The van der Waals surface area contributed by atoms with Gasteiger partial charge in [0.1, 0.15) is 22.7 Å². The minimum Gasteiger partial charge on any atom is -0.448 e. The summed E-state index contributed by atoms with van der Waals surface area (Å²) in [5.41, 5.74) is 12.9. The highest BCUT2D eigenvalue weighted by Gasteiger charge is 2.33. The number of aryl methyl sites for hydroxylation is 1. The van der Waals surface area contributed by atoms with E-state index in [0.29, 0.717) is 32.1 Å². The Kier molecular flexibility index (Phi) is 7.74. The van der Waals surface area contributed by atoms with E-state index < -0.39 is 23.3 Å². The van der Waals surface area contributed by atoms with Gasteiger partial charge in [-0.25, -0.2) is 9.37 Å². The maximum atomic E-state index is 14.3. The fourth-order valence-corrected chi connectivity index (χ4v) is 5.86. The van der Waals surface area contributed by atoms with E-state index in [2.05, 4.69) is 0 Å². The molecule has 2 amide bonds. The summed E-state index contributed by atoms with van der Waals surface area (Å²) in [7, 11) is 0. The van der Waals surface area contributed by atoms with Crippen molar-refractivity contribution in [1.82, 2.24) is 14.5 Å². The molecule has 0 radical (unpaired) electrons. The first-order chi connectivity index (χ1) is 19.6. The number of nitrogens with two attached hydrogens (primary N) is 2. The molecule has 41 heavy (non-hydrogen) atoms. The van der Waals surface area contributed by atoms with E-state index in [0.717, 1.165) is 5.56 Å². The van der Waals surface area contributed by atoms with Gasteiger partial charge < -0.3 is 20.8 Å². The maximum absolute atomic E-state index is 14.3. The lowest BCUT2D eigenvalue weighted by atomic mass is 9.99. The van der Waals surface area contributed by atoms with E-state index >= 15 is 0 Å². The number of thiophene rings is 1. The summed E-state index contributed by atoms with van der Waals surface area (Å²) >= 11 is 1.17. The summed E-state index contributed by atoms with van der Waals surface area (Å²) in [5.74, 6) is -1.23. The van der Waals surface area contributed by atoms with Crippen molar-refractivity contribution < 1.29 is 18.4 Å². The Labute approximate surface area is 239 Å². The van der Waals surface area contributed by atoms with Gasteiger partial charge in [0.15, 0.2) is 0 Å². The molecule has 9 nitrogen and oxygen atoms in total. The van der Waals surface area contributed by atoms with Gasteiger partial charge in [0.2, 0.25) is 5.58 Å². The topological polar surface area (TPSA) is 137 Å². The molecule has 1 atom stereocenters. The van der Waals surface area contributed by atoms with E-state index in [1.54, 1.807) is 29.2 Å². The first kappa shape index (κ1) is 28.2. The fourth-order valence-electron chi connectivity index (χ4n) is 5.01. The van der Waals surface area contributed by atoms with Crippen molar-refractivity contribution in [3.63, 3.8) is 0 Å². The van der Waals surface area contributed by atoms with E-state index in [1.165, 1.54) is 34.1 Å². The molecule has 0 aliphatic heterocycles. The van der Waals surface area contributed by atoms with Crippen molar-refractivity contribution in [3.05, 3.63) is 97.5 Å². The summed E-state index contributed by atoms with van der Waals surface area (Å²) in [6.07, 6.45) is 0. The lowest BCUT2D eigenvalue weighted by Crippen LogP contribution is -2.43. The summed E-state index contributed by atoms with van der Waals surface area (Å²) in [6.45, 7) is 6.24. The quantitative estimate of drug-likeness (QED) is 0.264. The molecular weight excluding hydrogens is 545 g/mol. The molecule has 5 aromatic rings. The monoisotopic (exact) mass is 575 g/mol. The van der Waals surface area contributed by atoms with Crippen LogP contribution in [-0.2, 0) is 6.54 Å². The number of rotatable bonds is 9. The van der Waals surface area contributed by atoms with Crippen molar-refractivity contribution in [3.8, 4) is 0 Å². The predicted octanol–water partition coefficient (Wildman–Crippen LogP) is 4.60. The van der Waals surface area contributed by atoms with Crippen LogP contribution in [0.1, 0.15) is 56.2 Å². The Morgan fingerprint density at radius 2 is 1.85 bits per heavy atom. The van der Waals surface area contributed by atoms with Gasteiger partial charge in [0.25, 0.3) is 17.4 Å². The summed E-state index contributed by atoms with van der Waals surface area (Å²) in [4.78, 5) is 47.3. The van der Waals surface area contributed by atoms with E-state index in [-0.39, 0.29) is 42.6 Å². The highest BCUT2D eigenvalue weighted by Crippen LogP contribution is 2.33. The van der Waals surface area contributed by atoms with Gasteiger partial charge in [0, 0.05) is 28.9 Å². The third kappa shape index (κ3) is 5.38. The molecule has 0 spiro atoms. The van der Waals surface area contributed by atoms with E-state index in [1.807, 2.05) is 32.9 Å². The zero-order valence-corrected chi connectivity index (χ0v) is 23.7. The lowest BCUT2D eigenvalue weighted by Gasteiger charge is -2.35. The number of carbonyl (C=O) groups is 2. The molecule has 0 fully saturated rings. The van der Waals surface area contributed by atoms with Gasteiger partial charge in [-0.2, -0.15) is 0 Å². The summed E-state index contributed by atoms with van der Waals surface area (Å²) < 4.78 is 21.6. The number of nitrogens with zero attached hydrogens (tertiary/aromatic N) is 3. The first-order valence-corrected chi connectivity index (χ1v) is 14.0. The number of carbonyl (C=O) groups excluding carboxylic acids is 2. The predicted molar refractivity (Wildman–Crippen MR) is 157 cm³/mol. The second-order valence-electron chi connectivity index (χ2n) is 10.3. The number of furan rings is 1. The molecule has 1 unspecified atom stereocenters. The van der Waals surface area contributed by atoms with Crippen LogP contribution in [0.2, 0.25) is 0 Å². The molecule has 3 aromatic heterocycles. The summed E-state index contributed by atoms with van der Waals surface area (Å²) in [6, 6.07) is 13.9. The molecule has 11 heteroatoms. The molecule has 0 saturated carbocycles. The van der Waals surface area contributed by atoms with Gasteiger partial charge in [-0.15, -0.1) is 11.3 Å². The normalized spacial score (nSPS) is 12.3. The fraction of sp³-hybridized carbons (Fsp3) is 0.267. The van der Waals surface area contributed by atoms with Crippen molar-refractivity contribution in [2.45, 2.75) is 33.4 Å². The van der Waals surface area contributed by atoms with E-state index in [4.69, 9.17) is 20.9 Å². The first-order valence-electron chi connectivity index (χ1n) is 13.2. The van der Waals surface area contributed by atoms with Gasteiger partial charge in [0.05, 0.1) is 17.5 Å². The number of aromatic nitrogens is 2. The third-order valence-corrected chi connectivity index (χ3v) is 8.03. The Hall–Kier alpha value is -4.35. The molecule has 0 saturated heterocycles. The average molecular weight is 576 g/mol. The molecule has 0 aliphatic carbocycles. The third-order valence-electron chi connectivity index (χ3n) is 6.95. The van der Waals surface area contributed by atoms with Crippen LogP contribution in [0.5, 0.6) is 0 Å². The van der Waals surface area contributed by atoms with Crippen LogP contribution in [-0.4, -0.2) is 39.4 Å². The van der Waals surface area contributed by atoms with Crippen molar-refractivity contribution >= 4 is 45.2 Å². The number of amides is 2. The largest absolute Gasteiger partial charge is 0.448 e. The standard InChI is InChI=1S/C30H30FN5O4S/c1-16(2)25(35(13-12-32)29(38)18-6-4-17(3)5-7-18)28-34-24-21-14-19(31)8-10-22(21)40-26(24)30(39)36(28)15-20-9-11-23(41-20)27(33)37/h4-11,14,16,25H,12-13,15,32H2,1-3H3,(H2,33,37). The van der Waals surface area contributed by atoms with Crippen molar-refractivity contribution in [2.24, 2.45) is 17.4 Å². The second-order valence-corrected chi connectivity index (χ2v) is 11.4. The zero-order chi connectivity index (χ0) is 29.4. The van der Waals surface area contributed by atoms with Gasteiger partial charge in [-0.3, -0.25) is 19.0 Å². The van der Waals surface area contributed by atoms with Crippen LogP contribution >= 0.6 is 11.3 Å². The highest BCUT2D eigenvalue weighted by molar-refractivity contribution is 7.14. The Morgan fingerprint density at radius 3 is 2.49 bits per heavy atom. The molecule has 5 rings (SSSR count). The van der Waals surface area contributed by atoms with E-state index in [9.17, 15) is 18.8 Å². The van der Waals surface area contributed by atoms with Crippen molar-refractivity contribution in [2.75, 3.05) is 13.1 Å². The number of hydrogen-bond acceptors (Lipinski definition) is 7. The number of benzene rings is 2. The molecule has 0 bridgehead atoms. The highest BCUT2D eigenvalue weighted by atomic mass is 32.1. The zero-order valence-electron chi connectivity index (χ0n) is 22.9. The number of halogens is 1. The second kappa shape index (κ2) is 11.3. The van der Waals surface area contributed by atoms with Crippen LogP contribution in [0.25, 0.3) is 22.1 Å². The summed E-state index contributed by atoms with van der Waals surface area (Å²) in [5, 5.41) is 0.357. The SMILES string of the molecule is Cc1ccc(C(=O)N(CCN)C(c2nc3c(oc4ccc(F)cc43)c(=O)n2Cc2ccc(C(N)=O)s2)C(C)C)cc1. The Morgan fingerprint density at radius 1 is 1.12 bits per heavy atom. The molecule has 3 heterocycles. The average Bonchev–Trinajstić information content (AvgIpc) is 3.55. The van der Waals surface area contributed by atoms with Crippen LogP contribution in [0.4, 0.5) is 4.39 Å². The minimum atomic E-state index is -0.682. The molecule has 2 aromatic carbocycles. The van der Waals surface area contributed by atoms with Gasteiger partial charge >= 0.3 is 0 Å². The Balaban J connectivity index is 1.76. The number of fused-ring (bicyclic) bond motifs is 3. The smallest absolute Gasteiger partial charge is 0.297 e.